The Kier molecular flexibility index (Phi) is 12.4. The molecule has 1 aliphatic rings. The van der Waals surface area contributed by atoms with Crippen LogP contribution in [-0.2, 0) is 20.7 Å². The number of carbonyl (C=O) groups excluding carboxylic acids is 4. The number of aromatic nitrogens is 1. The van der Waals surface area contributed by atoms with Crippen LogP contribution in [0.4, 0.5) is 0 Å². The van der Waals surface area contributed by atoms with Gasteiger partial charge in [-0.3, -0.25) is 19.8 Å². The van der Waals surface area contributed by atoms with Crippen molar-refractivity contribution >= 4 is 35.5 Å². The third kappa shape index (κ3) is 9.38. The lowest BCUT2D eigenvalue weighted by molar-refractivity contribution is -0.147. The number of hydrogen-bond acceptors (Lipinski definition) is 10. The van der Waals surface area contributed by atoms with Gasteiger partial charge >= 0.3 is 11.9 Å². The summed E-state index contributed by atoms with van der Waals surface area (Å²) < 4.78 is 16.3. The average Bonchev–Trinajstić information content (AvgIpc) is 3.95. The van der Waals surface area contributed by atoms with Gasteiger partial charge in [-0.1, -0.05) is 57.2 Å². The van der Waals surface area contributed by atoms with Gasteiger partial charge in [-0.2, -0.15) is 0 Å². The zero-order chi connectivity index (χ0) is 35.7. The number of nitrogens with zero attached hydrogens (tertiary/aromatic N) is 1. The minimum absolute atomic E-state index is 0.00424. The molecule has 1 amide bonds. The van der Waals surface area contributed by atoms with Crippen LogP contribution < -0.4 is 21.5 Å². The van der Waals surface area contributed by atoms with Gasteiger partial charge in [0, 0.05) is 35.2 Å². The number of hydrogen-bond donors (Lipinski definition) is 4. The van der Waals surface area contributed by atoms with E-state index in [9.17, 15) is 19.2 Å². The molecule has 1 fully saturated rings. The largest absolute Gasteiger partial charge is 0.496 e. The Bertz CT molecular complexity index is 1730. The van der Waals surface area contributed by atoms with Crippen LogP contribution in [0.25, 0.3) is 17.2 Å². The van der Waals surface area contributed by atoms with Crippen LogP contribution in [0.1, 0.15) is 81.1 Å². The Morgan fingerprint density at radius 1 is 1.06 bits per heavy atom. The highest BCUT2D eigenvalue weighted by Crippen LogP contribution is 2.35. The number of carbonyl (C=O) groups is 4. The number of rotatable bonds is 17. The molecule has 12 nitrogen and oxygen atoms in total. The van der Waals surface area contributed by atoms with Crippen LogP contribution >= 0.6 is 0 Å². The number of nitrogen functional groups attached to an aromatic ring is 1. The van der Waals surface area contributed by atoms with Gasteiger partial charge in [-0.15, -0.1) is 0 Å². The number of esters is 2. The second-order valence-corrected chi connectivity index (χ2v) is 12.0. The molecule has 49 heavy (non-hydrogen) atoms. The van der Waals surface area contributed by atoms with E-state index in [0.717, 1.165) is 12.8 Å². The second kappa shape index (κ2) is 16.6. The predicted octanol–water partition coefficient (Wildman–Crippen LogP) is 4.32. The molecule has 0 aliphatic heterocycles. The van der Waals surface area contributed by atoms with Crippen molar-refractivity contribution in [2.45, 2.75) is 45.6 Å². The first-order valence-corrected chi connectivity index (χ1v) is 16.2. The predicted molar refractivity (Wildman–Crippen MR) is 186 cm³/mol. The molecule has 1 unspecified atom stereocenters. The highest BCUT2D eigenvalue weighted by atomic mass is 16.6. The van der Waals surface area contributed by atoms with Gasteiger partial charge < -0.3 is 31.0 Å². The molecule has 1 heterocycles. The number of nitrogens with one attached hydrogen (secondary N) is 2. The van der Waals surface area contributed by atoms with Crippen LogP contribution in [0.5, 0.6) is 5.75 Å². The third-order valence-electron chi connectivity index (χ3n) is 8.47. The zero-order valence-corrected chi connectivity index (χ0v) is 28.0. The molecular weight excluding hydrogens is 626 g/mol. The number of ether oxygens (including phenoxy) is 3. The van der Waals surface area contributed by atoms with Crippen molar-refractivity contribution in [3.8, 4) is 16.9 Å². The van der Waals surface area contributed by atoms with Crippen LogP contribution in [-0.4, -0.2) is 67.4 Å². The normalized spacial score (nSPS) is 13.5. The second-order valence-electron chi connectivity index (χ2n) is 12.0. The number of ketones is 1. The summed E-state index contributed by atoms with van der Waals surface area (Å²) in [7, 11) is 1.47. The molecule has 0 bridgehead atoms. The van der Waals surface area contributed by atoms with E-state index >= 15 is 0 Å². The van der Waals surface area contributed by atoms with Gasteiger partial charge in [-0.25, -0.2) is 9.78 Å². The van der Waals surface area contributed by atoms with E-state index in [2.05, 4.69) is 16.9 Å². The van der Waals surface area contributed by atoms with Crippen molar-refractivity contribution in [2.75, 3.05) is 26.9 Å². The maximum absolute atomic E-state index is 13.9. The summed E-state index contributed by atoms with van der Waals surface area (Å²) in [6.45, 7) is 7.57. The molecule has 3 aromatic rings. The molecule has 2 aromatic carbocycles. The molecule has 2 atom stereocenters. The average molecular weight is 670 g/mol. The molecule has 12 heteroatoms. The fraction of sp³-hybridized carbons (Fsp3) is 0.351. The van der Waals surface area contributed by atoms with Gasteiger partial charge in [0.25, 0.3) is 5.91 Å². The lowest BCUT2D eigenvalue weighted by atomic mass is 9.90. The Balaban J connectivity index is 1.69. The minimum Gasteiger partial charge on any atom is -0.496 e. The lowest BCUT2D eigenvalue weighted by Gasteiger charge is -2.18. The number of Topliss-reactive ketones (excluding diaryl/α,β-unsaturated/α-hetero) is 1. The summed E-state index contributed by atoms with van der Waals surface area (Å²) >= 11 is 0. The van der Waals surface area contributed by atoms with Gasteiger partial charge in [0.2, 0.25) is 0 Å². The molecule has 6 N–H and O–H groups in total. The third-order valence-corrected chi connectivity index (χ3v) is 8.47. The van der Waals surface area contributed by atoms with E-state index in [1.165, 1.54) is 13.2 Å². The van der Waals surface area contributed by atoms with Crippen molar-refractivity contribution in [2.24, 2.45) is 23.3 Å². The van der Waals surface area contributed by atoms with Gasteiger partial charge in [0.05, 0.1) is 7.11 Å². The van der Waals surface area contributed by atoms with E-state index in [-0.39, 0.29) is 59.7 Å². The van der Waals surface area contributed by atoms with Crippen LogP contribution in [0.2, 0.25) is 0 Å². The minimum atomic E-state index is -0.890. The molecule has 1 aromatic heterocycles. The first-order chi connectivity index (χ1) is 23.5. The van der Waals surface area contributed by atoms with E-state index in [1.54, 1.807) is 48.5 Å². The Hall–Kier alpha value is -5.36. The van der Waals surface area contributed by atoms with E-state index in [0.29, 0.717) is 46.9 Å². The van der Waals surface area contributed by atoms with E-state index in [4.69, 9.17) is 31.1 Å². The quantitative estimate of drug-likeness (QED) is 0.0528. The first-order valence-electron chi connectivity index (χ1n) is 16.2. The molecule has 0 saturated heterocycles. The van der Waals surface area contributed by atoms with Crippen molar-refractivity contribution in [3.63, 3.8) is 0 Å². The number of pyridine rings is 1. The van der Waals surface area contributed by atoms with Gasteiger partial charge in [0.15, 0.2) is 11.5 Å². The number of amides is 1. The summed E-state index contributed by atoms with van der Waals surface area (Å²) in [5, 5.41) is 10.5. The smallest absolute Gasteiger partial charge is 0.357 e. The standard InChI is InChI=1S/C37H43N5O7/c1-5-21(3)32(38)36(45)48-15-16-49-37(46)33-26(13-14-29(42-33)35(44)41-20-23-7-8-23)27-19-31(47-4)24(6-2)18-28(27)30(43)17-22-9-11-25(12-10-22)34(39)40/h6,9-14,18-19,21,23,32H,2,5,7-8,15-17,20,38H2,1,3-4H3,(H3,39,40)(H,41,44)/t21?,32-/m0/s1. The maximum atomic E-state index is 13.9. The summed E-state index contributed by atoms with van der Waals surface area (Å²) in [5.74, 6) is -1.59. The fourth-order valence-electron chi connectivity index (χ4n) is 5.00. The summed E-state index contributed by atoms with van der Waals surface area (Å²) in [6.07, 6.45) is 4.32. The van der Waals surface area contributed by atoms with Crippen LogP contribution in [0.3, 0.4) is 0 Å². The van der Waals surface area contributed by atoms with Crippen molar-refractivity contribution < 1.29 is 33.4 Å². The molecule has 1 saturated carbocycles. The maximum Gasteiger partial charge on any atom is 0.357 e. The van der Waals surface area contributed by atoms with Crippen LogP contribution in [0, 0.1) is 17.2 Å². The number of methoxy groups -OCH3 is 1. The molecule has 0 radical (unpaired) electrons. The molecule has 0 spiro atoms. The van der Waals surface area contributed by atoms with Crippen molar-refractivity contribution in [3.05, 3.63) is 88.8 Å². The van der Waals surface area contributed by atoms with E-state index < -0.39 is 23.9 Å². The summed E-state index contributed by atoms with van der Waals surface area (Å²) in [4.78, 5) is 57.3. The lowest BCUT2D eigenvalue weighted by Crippen LogP contribution is -2.38. The molecular formula is C37H43N5O7. The highest BCUT2D eigenvalue weighted by molar-refractivity contribution is 6.07. The van der Waals surface area contributed by atoms with E-state index in [1.807, 2.05) is 13.8 Å². The Morgan fingerprint density at radius 2 is 1.76 bits per heavy atom. The zero-order valence-electron chi connectivity index (χ0n) is 28.0. The SMILES string of the molecule is C=Cc1cc(C(=O)Cc2ccc(C(=N)N)cc2)c(-c2ccc(C(=O)NCC3CC3)nc2C(=O)OCCOC(=O)[C@@H](N)C(C)CC)cc1OC. The van der Waals surface area contributed by atoms with Crippen molar-refractivity contribution in [1.29, 1.82) is 5.41 Å². The van der Waals surface area contributed by atoms with Gasteiger partial charge in [0.1, 0.15) is 36.5 Å². The number of amidine groups is 1. The monoisotopic (exact) mass is 669 g/mol. The number of benzene rings is 2. The first kappa shape index (κ1) is 36.5. The Labute approximate surface area is 285 Å². The van der Waals surface area contributed by atoms with Gasteiger partial charge in [-0.05, 0) is 60.1 Å². The molecule has 4 rings (SSSR count). The summed E-state index contributed by atoms with van der Waals surface area (Å²) in [5.41, 5.74) is 13.9. The Morgan fingerprint density at radius 3 is 2.37 bits per heavy atom. The highest BCUT2D eigenvalue weighted by Gasteiger charge is 2.27. The fourth-order valence-corrected chi connectivity index (χ4v) is 5.00. The topological polar surface area (TPSA) is 197 Å². The van der Waals surface area contributed by atoms with Crippen molar-refractivity contribution in [1.82, 2.24) is 10.3 Å². The number of nitrogens with two attached hydrogens (primary N) is 2. The molecule has 258 valence electrons. The van der Waals surface area contributed by atoms with Crippen LogP contribution in [0.15, 0.2) is 55.1 Å². The summed E-state index contributed by atoms with van der Waals surface area (Å²) in [6, 6.07) is 12.2. The molecule has 1 aliphatic carbocycles.